The summed E-state index contributed by atoms with van der Waals surface area (Å²) in [6.45, 7) is 6.16. The van der Waals surface area contributed by atoms with Gasteiger partial charge < -0.3 is 4.74 Å². The van der Waals surface area contributed by atoms with Crippen LogP contribution in [0.3, 0.4) is 0 Å². The normalized spacial score (nSPS) is 14.9. The van der Waals surface area contributed by atoms with Crippen molar-refractivity contribution in [1.29, 1.82) is 0 Å². The van der Waals surface area contributed by atoms with Gasteiger partial charge in [-0.15, -0.1) is 0 Å². The van der Waals surface area contributed by atoms with Gasteiger partial charge in [0.05, 0.1) is 23.9 Å². The Morgan fingerprint density at radius 2 is 1.56 bits per heavy atom. The molecular weight excluding hydrogens is 426 g/mol. The summed E-state index contributed by atoms with van der Waals surface area (Å²) in [5, 5.41) is 7.52. The highest BCUT2D eigenvalue weighted by Crippen LogP contribution is 2.45. The molecule has 4 aromatic rings. The molecule has 0 radical (unpaired) electrons. The molecule has 6 heteroatoms. The number of hydrogen-bond acceptors (Lipinski definition) is 4. The van der Waals surface area contributed by atoms with Crippen LogP contribution in [0.5, 0.6) is 0 Å². The van der Waals surface area contributed by atoms with Crippen LogP contribution in [0.4, 0.5) is 5.69 Å². The van der Waals surface area contributed by atoms with E-state index in [0.29, 0.717) is 23.6 Å². The van der Waals surface area contributed by atoms with Crippen LogP contribution in [0.15, 0.2) is 72.8 Å². The molecule has 2 heterocycles. The maximum absolute atomic E-state index is 13.6. The number of hydrogen-bond donors (Lipinski definition) is 1. The molecule has 170 valence electrons. The summed E-state index contributed by atoms with van der Waals surface area (Å²) >= 11 is 0. The average Bonchev–Trinajstić information content (AvgIpc) is 3.39. The Morgan fingerprint density at radius 3 is 2.18 bits per heavy atom. The van der Waals surface area contributed by atoms with Crippen molar-refractivity contribution in [2.45, 2.75) is 26.8 Å². The number of aryl methyl sites for hydroxylation is 2. The molecule has 1 aliphatic rings. The van der Waals surface area contributed by atoms with Gasteiger partial charge in [-0.25, -0.2) is 4.79 Å². The fraction of sp³-hybridized carbons (Fsp3) is 0.179. The van der Waals surface area contributed by atoms with Crippen molar-refractivity contribution in [3.63, 3.8) is 0 Å². The summed E-state index contributed by atoms with van der Waals surface area (Å²) < 4.78 is 5.09. The first-order valence-corrected chi connectivity index (χ1v) is 11.3. The lowest BCUT2D eigenvalue weighted by Crippen LogP contribution is -2.29. The van der Waals surface area contributed by atoms with E-state index in [4.69, 9.17) is 4.74 Å². The molecule has 5 rings (SSSR count). The second-order valence-corrected chi connectivity index (χ2v) is 8.48. The molecule has 1 amide bonds. The zero-order valence-corrected chi connectivity index (χ0v) is 19.3. The van der Waals surface area contributed by atoms with E-state index in [1.165, 1.54) is 0 Å². The van der Waals surface area contributed by atoms with Gasteiger partial charge >= 0.3 is 5.97 Å². The first kappa shape index (κ1) is 21.6. The van der Waals surface area contributed by atoms with E-state index < -0.39 is 0 Å². The Bertz CT molecular complexity index is 1350. The Kier molecular flexibility index (Phi) is 5.49. The first-order chi connectivity index (χ1) is 16.5. The summed E-state index contributed by atoms with van der Waals surface area (Å²) in [6.07, 6.45) is 0. The number of nitrogens with zero attached hydrogens (tertiary/aromatic N) is 2. The number of aromatic nitrogens is 2. The zero-order chi connectivity index (χ0) is 23.8. The highest BCUT2D eigenvalue weighted by atomic mass is 16.5. The van der Waals surface area contributed by atoms with E-state index in [9.17, 15) is 9.59 Å². The molecule has 1 unspecified atom stereocenters. The predicted molar refractivity (Wildman–Crippen MR) is 131 cm³/mol. The number of rotatable bonds is 5. The van der Waals surface area contributed by atoms with Gasteiger partial charge in [0.1, 0.15) is 5.69 Å². The second kappa shape index (κ2) is 8.63. The van der Waals surface area contributed by atoms with Gasteiger partial charge in [-0.3, -0.25) is 14.8 Å². The van der Waals surface area contributed by atoms with Gasteiger partial charge in [0.15, 0.2) is 0 Å². The number of anilines is 1. The maximum atomic E-state index is 13.6. The van der Waals surface area contributed by atoms with Crippen LogP contribution in [0.25, 0.3) is 11.3 Å². The van der Waals surface area contributed by atoms with E-state index in [0.717, 1.165) is 33.5 Å². The number of H-pyrrole nitrogens is 1. The number of aromatic amines is 1. The van der Waals surface area contributed by atoms with Crippen LogP contribution >= 0.6 is 0 Å². The molecule has 0 fully saturated rings. The summed E-state index contributed by atoms with van der Waals surface area (Å²) in [4.78, 5) is 27.5. The summed E-state index contributed by atoms with van der Waals surface area (Å²) in [6, 6.07) is 22.9. The van der Waals surface area contributed by atoms with E-state index >= 15 is 0 Å². The standard InChI is InChI=1S/C28H25N3O3/c1-4-34-28(33)21-13-15-22(16-14-21)31-26(20-11-7-18(3)8-12-20)23-24(29-30-25(23)27(31)32)19-9-5-17(2)6-10-19/h5-16,26H,4H2,1-3H3,(H,29,30). The van der Waals surface area contributed by atoms with Crippen LogP contribution in [-0.4, -0.2) is 28.7 Å². The molecule has 0 bridgehead atoms. The van der Waals surface area contributed by atoms with Gasteiger partial charge in [-0.05, 0) is 50.6 Å². The molecule has 1 aliphatic heterocycles. The molecule has 0 saturated heterocycles. The largest absolute Gasteiger partial charge is 0.462 e. The fourth-order valence-electron chi connectivity index (χ4n) is 4.38. The van der Waals surface area contributed by atoms with Crippen molar-refractivity contribution < 1.29 is 14.3 Å². The number of carbonyl (C=O) groups excluding carboxylic acids is 2. The number of amides is 1. The Balaban J connectivity index is 1.63. The minimum atomic E-state index is -0.382. The number of nitrogens with one attached hydrogen (secondary N) is 1. The average molecular weight is 452 g/mol. The fourth-order valence-corrected chi connectivity index (χ4v) is 4.38. The van der Waals surface area contributed by atoms with Crippen LogP contribution in [0.1, 0.15) is 56.1 Å². The molecule has 1 atom stereocenters. The first-order valence-electron chi connectivity index (χ1n) is 11.3. The maximum Gasteiger partial charge on any atom is 0.338 e. The number of esters is 1. The van der Waals surface area contributed by atoms with Crippen molar-refractivity contribution in [1.82, 2.24) is 10.2 Å². The molecule has 1 aromatic heterocycles. The van der Waals surface area contributed by atoms with Crippen molar-refractivity contribution in [2.24, 2.45) is 0 Å². The predicted octanol–water partition coefficient (Wildman–Crippen LogP) is 5.62. The van der Waals surface area contributed by atoms with Gasteiger partial charge in [0.2, 0.25) is 0 Å². The third kappa shape index (κ3) is 3.67. The van der Waals surface area contributed by atoms with Gasteiger partial charge in [0.25, 0.3) is 5.91 Å². The SMILES string of the molecule is CCOC(=O)c1ccc(N2C(=O)c3[nH]nc(-c4ccc(C)cc4)c3C2c2ccc(C)cc2)cc1. The number of carbonyl (C=O) groups is 2. The summed E-state index contributed by atoms with van der Waals surface area (Å²) in [7, 11) is 0. The number of fused-ring (bicyclic) bond motifs is 1. The molecule has 0 saturated carbocycles. The lowest BCUT2D eigenvalue weighted by atomic mass is 9.95. The van der Waals surface area contributed by atoms with Crippen LogP contribution in [-0.2, 0) is 4.74 Å². The molecule has 34 heavy (non-hydrogen) atoms. The Morgan fingerprint density at radius 1 is 0.941 bits per heavy atom. The van der Waals surface area contributed by atoms with Gasteiger partial charge in [0, 0.05) is 16.8 Å². The summed E-state index contributed by atoms with van der Waals surface area (Å²) in [5.74, 6) is -0.539. The van der Waals surface area contributed by atoms with Crippen LogP contribution in [0, 0.1) is 13.8 Å². The highest BCUT2D eigenvalue weighted by Gasteiger charge is 2.43. The van der Waals surface area contributed by atoms with E-state index in [-0.39, 0.29) is 17.9 Å². The molecule has 3 aromatic carbocycles. The molecule has 6 nitrogen and oxygen atoms in total. The zero-order valence-electron chi connectivity index (χ0n) is 19.3. The minimum absolute atomic E-state index is 0.157. The lowest BCUT2D eigenvalue weighted by molar-refractivity contribution is 0.0526. The van der Waals surface area contributed by atoms with Crippen molar-refractivity contribution >= 4 is 17.6 Å². The topological polar surface area (TPSA) is 75.3 Å². The summed E-state index contributed by atoms with van der Waals surface area (Å²) in [5.41, 5.74) is 7.49. The molecule has 1 N–H and O–H groups in total. The third-order valence-electron chi connectivity index (χ3n) is 6.14. The number of ether oxygens (including phenoxy) is 1. The van der Waals surface area contributed by atoms with E-state index in [1.807, 2.05) is 62.4 Å². The van der Waals surface area contributed by atoms with Crippen molar-refractivity contribution in [3.05, 3.63) is 106 Å². The molecule has 0 aliphatic carbocycles. The molecular formula is C28H25N3O3. The van der Waals surface area contributed by atoms with E-state index in [1.54, 1.807) is 36.1 Å². The Labute approximate surface area is 198 Å². The minimum Gasteiger partial charge on any atom is -0.462 e. The van der Waals surface area contributed by atoms with Crippen LogP contribution < -0.4 is 4.90 Å². The molecule has 0 spiro atoms. The third-order valence-corrected chi connectivity index (χ3v) is 6.14. The Hall–Kier alpha value is -4.19. The lowest BCUT2D eigenvalue weighted by Gasteiger charge is -2.26. The van der Waals surface area contributed by atoms with Crippen LogP contribution in [0.2, 0.25) is 0 Å². The van der Waals surface area contributed by atoms with E-state index in [2.05, 4.69) is 10.2 Å². The quantitative estimate of drug-likeness (QED) is 0.400. The van der Waals surface area contributed by atoms with Gasteiger partial charge in [-0.2, -0.15) is 5.10 Å². The number of benzene rings is 3. The van der Waals surface area contributed by atoms with Crippen molar-refractivity contribution in [3.8, 4) is 11.3 Å². The monoisotopic (exact) mass is 451 g/mol. The highest BCUT2D eigenvalue weighted by molar-refractivity contribution is 6.12. The van der Waals surface area contributed by atoms with Crippen molar-refractivity contribution in [2.75, 3.05) is 11.5 Å². The van der Waals surface area contributed by atoms with Gasteiger partial charge in [-0.1, -0.05) is 59.7 Å². The second-order valence-electron chi connectivity index (χ2n) is 8.48. The smallest absolute Gasteiger partial charge is 0.338 e.